The van der Waals surface area contributed by atoms with E-state index in [0.717, 1.165) is 138 Å². The third-order valence-electron chi connectivity index (χ3n) is 14.6. The maximum atomic E-state index is 13.4. The Hall–Kier alpha value is -5.19. The molecule has 3 aromatic carbocycles. The van der Waals surface area contributed by atoms with Crippen molar-refractivity contribution in [3.05, 3.63) is 105 Å². The number of carbonyl (C=O) groups is 3. The SMILES string of the molecule is CCC(C)N(CCC(=O)Nc1sc2c(c1-c1nc3ccccc3s1)CCN(C1COC1)C2)C(=O)OCc1ccccc1.CCC(C)NCCC(=O)Nc1sc2c(c1-c1nc3ccccc3s1)CCN(C1COC1)C2.CO. The summed E-state index contributed by atoms with van der Waals surface area (Å²) in [6.45, 7) is 16.5. The van der Waals surface area contributed by atoms with E-state index in [9.17, 15) is 14.4 Å². The molecule has 2 atom stereocenters. The van der Waals surface area contributed by atoms with Crippen molar-refractivity contribution in [2.75, 3.05) is 70.3 Å². The number of nitrogens with one attached hydrogen (secondary N) is 3. The van der Waals surface area contributed by atoms with E-state index in [2.05, 4.69) is 63.9 Å². The van der Waals surface area contributed by atoms with Gasteiger partial charge < -0.3 is 40.2 Å². The van der Waals surface area contributed by atoms with E-state index in [1.165, 1.54) is 25.6 Å². The molecule has 2 fully saturated rings. The van der Waals surface area contributed by atoms with Crippen LogP contribution in [0.15, 0.2) is 78.9 Å². The number of thiophene rings is 2. The van der Waals surface area contributed by atoms with E-state index in [1.54, 1.807) is 50.2 Å². The summed E-state index contributed by atoms with van der Waals surface area (Å²) < 4.78 is 18.8. The highest BCUT2D eigenvalue weighted by Crippen LogP contribution is 2.48. The zero-order chi connectivity index (χ0) is 53.1. The van der Waals surface area contributed by atoms with Crippen LogP contribution in [-0.4, -0.2) is 132 Å². The lowest BCUT2D eigenvalue weighted by Gasteiger charge is -2.39. The van der Waals surface area contributed by atoms with Crippen LogP contribution in [0.2, 0.25) is 0 Å². The average molecular weight is 1110 g/mol. The van der Waals surface area contributed by atoms with Crippen molar-refractivity contribution in [2.45, 2.75) is 110 Å². The summed E-state index contributed by atoms with van der Waals surface area (Å²) in [6.07, 6.45) is 3.98. The van der Waals surface area contributed by atoms with Gasteiger partial charge in [-0.1, -0.05) is 68.4 Å². The molecule has 3 amide bonds. The number of carbonyl (C=O) groups excluding carboxylic acids is 3. The van der Waals surface area contributed by atoms with Gasteiger partial charge in [-0.3, -0.25) is 19.4 Å². The molecule has 11 rings (SSSR count). The van der Waals surface area contributed by atoms with E-state index in [4.69, 9.17) is 29.3 Å². The van der Waals surface area contributed by atoms with Crippen LogP contribution in [0.3, 0.4) is 0 Å². The van der Waals surface area contributed by atoms with Gasteiger partial charge in [0.2, 0.25) is 11.8 Å². The van der Waals surface area contributed by atoms with E-state index >= 15 is 0 Å². The van der Waals surface area contributed by atoms with Gasteiger partial charge in [0.1, 0.15) is 26.6 Å². The summed E-state index contributed by atoms with van der Waals surface area (Å²) >= 11 is 6.76. The van der Waals surface area contributed by atoms with Gasteiger partial charge in [0.25, 0.3) is 0 Å². The standard InChI is InChI=1S/C32H36N4O4S2.C24H30N4O2S2.CH4O/c1-3-21(2)36(32(38)40-18-22-9-5-4-6-10-22)16-14-28(37)34-31-29(30-33-25-11-7-8-12-26(25)41-30)24-13-15-35(17-27(24)42-31)23-19-39-20-23;1-3-15(2)25-10-8-21(29)27-24-22(23-26-18-6-4-5-7-19(18)31-23)17-9-11-28(12-20(17)32-24)16-13-30-14-16;1-2/h4-12,21,23H,3,13-20H2,1-2H3,(H,34,37);4-7,15-16,25H,3,8-14H2,1-2H3,(H,27,29);2H,1H3. The summed E-state index contributed by atoms with van der Waals surface area (Å²) in [5.74, 6) is -0.0598. The minimum absolute atomic E-state index is 0.0464. The van der Waals surface area contributed by atoms with Crippen LogP contribution in [-0.2, 0) is 56.3 Å². The van der Waals surface area contributed by atoms with Gasteiger partial charge in [0.05, 0.1) is 58.9 Å². The second-order valence-electron chi connectivity index (χ2n) is 19.6. The first-order valence-electron chi connectivity index (χ1n) is 26.5. The normalized spacial score (nSPS) is 16.4. The molecule has 404 valence electrons. The molecule has 15 nitrogen and oxygen atoms in total. The Bertz CT molecular complexity index is 2990. The molecule has 4 aliphatic rings. The Balaban J connectivity index is 0.000000186. The third kappa shape index (κ3) is 13.2. The number of aliphatic hydroxyl groups is 1. The molecule has 4 N–H and O–H groups in total. The minimum Gasteiger partial charge on any atom is -0.445 e. The van der Waals surface area contributed by atoms with Crippen molar-refractivity contribution in [2.24, 2.45) is 0 Å². The molecular formula is C57H70N8O7S4. The number of anilines is 2. The molecule has 76 heavy (non-hydrogen) atoms. The molecule has 2 saturated heterocycles. The molecule has 2 unspecified atom stereocenters. The van der Waals surface area contributed by atoms with Gasteiger partial charge in [-0.25, -0.2) is 14.8 Å². The summed E-state index contributed by atoms with van der Waals surface area (Å²) in [7, 11) is 1.00. The van der Waals surface area contributed by atoms with Crippen LogP contribution in [0.4, 0.5) is 14.8 Å². The number of rotatable bonds is 18. The van der Waals surface area contributed by atoms with Gasteiger partial charge in [-0.05, 0) is 80.5 Å². The highest BCUT2D eigenvalue weighted by Gasteiger charge is 2.35. The zero-order valence-electron chi connectivity index (χ0n) is 44.1. The van der Waals surface area contributed by atoms with Gasteiger partial charge in [-0.2, -0.15) is 0 Å². The first-order chi connectivity index (χ1) is 37.1. The Kier molecular flexibility index (Phi) is 19.3. The van der Waals surface area contributed by atoms with Crippen molar-refractivity contribution in [3.8, 4) is 21.1 Å². The van der Waals surface area contributed by atoms with Crippen LogP contribution >= 0.6 is 45.3 Å². The maximum absolute atomic E-state index is 13.4. The largest absolute Gasteiger partial charge is 0.445 e. The van der Waals surface area contributed by atoms with Crippen molar-refractivity contribution in [1.82, 2.24) is 30.0 Å². The van der Waals surface area contributed by atoms with Gasteiger partial charge in [0, 0.05) is 92.2 Å². The summed E-state index contributed by atoms with van der Waals surface area (Å²) in [5.41, 5.74) is 7.76. The second kappa shape index (κ2) is 26.4. The maximum Gasteiger partial charge on any atom is 0.410 e. The van der Waals surface area contributed by atoms with Gasteiger partial charge in [0.15, 0.2) is 0 Å². The number of benzene rings is 3. The molecule has 0 bridgehead atoms. The van der Waals surface area contributed by atoms with Crippen LogP contribution in [0.5, 0.6) is 0 Å². The smallest absolute Gasteiger partial charge is 0.410 e. The molecule has 0 spiro atoms. The van der Waals surface area contributed by atoms with Gasteiger partial charge in [-0.15, -0.1) is 45.3 Å². The van der Waals surface area contributed by atoms with E-state index in [1.807, 2.05) is 68.4 Å². The third-order valence-corrected chi connectivity index (χ3v) is 18.9. The Morgan fingerprint density at radius 3 is 1.67 bits per heavy atom. The number of thiazole rings is 2. The van der Waals surface area contributed by atoms with E-state index in [-0.39, 0.29) is 37.4 Å². The molecule has 4 aliphatic heterocycles. The predicted molar refractivity (Wildman–Crippen MR) is 309 cm³/mol. The quantitative estimate of drug-likeness (QED) is 0.0642. The second-order valence-corrected chi connectivity index (χ2v) is 23.8. The van der Waals surface area contributed by atoms with Crippen molar-refractivity contribution >= 4 is 93.7 Å². The molecule has 8 heterocycles. The van der Waals surface area contributed by atoms with E-state index < -0.39 is 6.09 Å². The molecule has 0 aliphatic carbocycles. The number of hydrogen-bond acceptors (Lipinski definition) is 16. The Morgan fingerprint density at radius 1 is 0.697 bits per heavy atom. The van der Waals surface area contributed by atoms with Crippen LogP contribution in [0.25, 0.3) is 41.6 Å². The summed E-state index contributed by atoms with van der Waals surface area (Å²) in [5, 5.41) is 20.6. The van der Waals surface area contributed by atoms with Crippen molar-refractivity contribution in [3.63, 3.8) is 0 Å². The topological polar surface area (TPSA) is 171 Å². The first kappa shape index (κ1) is 55.6. The lowest BCUT2D eigenvalue weighted by Crippen LogP contribution is -2.50. The minimum atomic E-state index is -0.400. The number of ether oxygens (including phenoxy) is 3. The lowest BCUT2D eigenvalue weighted by molar-refractivity contribution is -0.117. The molecular weight excluding hydrogens is 1040 g/mol. The number of hydrogen-bond donors (Lipinski definition) is 4. The van der Waals surface area contributed by atoms with Crippen LogP contribution < -0.4 is 16.0 Å². The number of aromatic nitrogens is 2. The van der Waals surface area contributed by atoms with Crippen LogP contribution in [0.1, 0.15) is 79.8 Å². The van der Waals surface area contributed by atoms with Crippen LogP contribution in [0, 0.1) is 0 Å². The Labute approximate surface area is 461 Å². The molecule has 0 radical (unpaired) electrons. The number of aliphatic hydroxyl groups excluding tert-OH is 1. The molecule has 7 aromatic rings. The zero-order valence-corrected chi connectivity index (χ0v) is 47.4. The Morgan fingerprint density at radius 2 is 1.20 bits per heavy atom. The van der Waals surface area contributed by atoms with Gasteiger partial charge >= 0.3 is 6.09 Å². The first-order valence-corrected chi connectivity index (χ1v) is 29.8. The number of amides is 3. The number of fused-ring (bicyclic) bond motifs is 4. The fourth-order valence-corrected chi connectivity index (χ4v) is 14.4. The summed E-state index contributed by atoms with van der Waals surface area (Å²) in [4.78, 5) is 58.4. The predicted octanol–water partition coefficient (Wildman–Crippen LogP) is 10.7. The average Bonchev–Trinajstić information content (AvgIpc) is 4.22. The van der Waals surface area contributed by atoms with Crippen molar-refractivity contribution in [1.29, 1.82) is 0 Å². The molecule has 0 saturated carbocycles. The van der Waals surface area contributed by atoms with Crippen molar-refractivity contribution < 1.29 is 33.7 Å². The molecule has 4 aromatic heterocycles. The fourth-order valence-electron chi connectivity index (χ4n) is 9.62. The van der Waals surface area contributed by atoms with E-state index in [0.29, 0.717) is 31.1 Å². The lowest BCUT2D eigenvalue weighted by atomic mass is 10.0. The number of nitrogens with zero attached hydrogens (tertiary/aromatic N) is 5. The summed E-state index contributed by atoms with van der Waals surface area (Å²) in [6, 6.07) is 27.4. The highest BCUT2D eigenvalue weighted by molar-refractivity contribution is 7.23. The number of para-hydroxylation sites is 2. The monoisotopic (exact) mass is 1110 g/mol. The fraction of sp³-hybridized carbons (Fsp3) is 0.456. The highest BCUT2D eigenvalue weighted by atomic mass is 32.1. The molecule has 19 heteroatoms.